The van der Waals surface area contributed by atoms with Crippen molar-refractivity contribution in [3.05, 3.63) is 0 Å². The molecule has 0 aliphatic carbocycles. The third kappa shape index (κ3) is 7.64. The first-order chi connectivity index (χ1) is 10.2. The minimum atomic E-state index is -0.478. The highest BCUT2D eigenvalue weighted by atomic mass is 16.6. The second-order valence-electron chi connectivity index (χ2n) is 7.10. The van der Waals surface area contributed by atoms with Crippen LogP contribution in [-0.2, 0) is 9.53 Å². The second kappa shape index (κ2) is 8.36. The molecule has 0 radical (unpaired) electrons. The van der Waals surface area contributed by atoms with Gasteiger partial charge in [0.1, 0.15) is 5.60 Å². The molecule has 128 valence electrons. The molecule has 0 bridgehead atoms. The molecule has 2 N–H and O–H groups in total. The van der Waals surface area contributed by atoms with Crippen molar-refractivity contribution in [3.8, 4) is 0 Å². The summed E-state index contributed by atoms with van der Waals surface area (Å²) in [5.41, 5.74) is -0.478. The summed E-state index contributed by atoms with van der Waals surface area (Å²) in [5, 5.41) is 5.80. The molecule has 1 saturated heterocycles. The topological polar surface area (TPSA) is 70.7 Å². The maximum Gasteiger partial charge on any atom is 0.407 e. The van der Waals surface area contributed by atoms with Crippen molar-refractivity contribution >= 4 is 12.0 Å². The summed E-state index contributed by atoms with van der Waals surface area (Å²) in [6.45, 7) is 12.6. The Hall–Kier alpha value is -1.30. The zero-order valence-corrected chi connectivity index (χ0v) is 14.6. The fourth-order valence-corrected chi connectivity index (χ4v) is 2.75. The number of nitrogens with one attached hydrogen (secondary N) is 2. The summed E-state index contributed by atoms with van der Waals surface area (Å²) in [4.78, 5) is 25.2. The van der Waals surface area contributed by atoms with Gasteiger partial charge in [0.15, 0.2) is 0 Å². The second-order valence-corrected chi connectivity index (χ2v) is 7.10. The van der Waals surface area contributed by atoms with E-state index in [0.29, 0.717) is 12.5 Å². The van der Waals surface area contributed by atoms with Gasteiger partial charge in [0.05, 0.1) is 0 Å². The van der Waals surface area contributed by atoms with Gasteiger partial charge in [0.25, 0.3) is 0 Å². The van der Waals surface area contributed by atoms with Crippen molar-refractivity contribution < 1.29 is 14.3 Å². The number of nitrogens with zero attached hydrogens (tertiary/aromatic N) is 1. The van der Waals surface area contributed by atoms with Crippen LogP contribution in [0.1, 0.15) is 47.5 Å². The van der Waals surface area contributed by atoms with E-state index in [1.165, 1.54) is 6.92 Å². The van der Waals surface area contributed by atoms with Gasteiger partial charge in [-0.15, -0.1) is 0 Å². The fourth-order valence-electron chi connectivity index (χ4n) is 2.75. The summed E-state index contributed by atoms with van der Waals surface area (Å²) in [5.74, 6) is 0.554. The summed E-state index contributed by atoms with van der Waals surface area (Å²) in [6.07, 6.45) is 1.71. The predicted octanol–water partition coefficient (Wildman–Crippen LogP) is 1.75. The first-order valence-electron chi connectivity index (χ1n) is 8.16. The highest BCUT2D eigenvalue weighted by Gasteiger charge is 2.28. The van der Waals surface area contributed by atoms with E-state index >= 15 is 0 Å². The van der Waals surface area contributed by atoms with Crippen LogP contribution in [-0.4, -0.2) is 54.7 Å². The van der Waals surface area contributed by atoms with Gasteiger partial charge in [-0.1, -0.05) is 13.3 Å². The van der Waals surface area contributed by atoms with Crippen molar-refractivity contribution in [2.45, 2.75) is 59.1 Å². The molecule has 2 atom stereocenters. The molecule has 0 aromatic rings. The Morgan fingerprint density at radius 3 is 2.50 bits per heavy atom. The standard InChI is InChI=1S/C16H31N3O3/c1-6-13-9-14(18-15(21)22-16(3,4)5)11-19(10-13)8-7-17-12(2)20/h13-14H,6-11H2,1-5H3,(H,17,20)(H,18,21). The SMILES string of the molecule is CCC1CC(NC(=O)OC(C)(C)C)CN(CCNC(C)=O)C1. The third-order valence-electron chi connectivity index (χ3n) is 3.71. The van der Waals surface area contributed by atoms with Gasteiger partial charge in [-0.2, -0.15) is 0 Å². The number of likely N-dealkylation sites (tertiary alicyclic amines) is 1. The molecule has 0 saturated carbocycles. The minimum absolute atomic E-state index is 0.00696. The monoisotopic (exact) mass is 313 g/mol. The average Bonchev–Trinajstić information content (AvgIpc) is 2.35. The maximum absolute atomic E-state index is 11.9. The molecular formula is C16H31N3O3. The fraction of sp³-hybridized carbons (Fsp3) is 0.875. The van der Waals surface area contributed by atoms with Gasteiger partial charge in [-0.25, -0.2) is 4.79 Å². The van der Waals surface area contributed by atoms with E-state index in [0.717, 1.165) is 32.5 Å². The van der Waals surface area contributed by atoms with Gasteiger partial charge < -0.3 is 15.4 Å². The molecule has 1 rings (SSSR count). The summed E-state index contributed by atoms with van der Waals surface area (Å²) >= 11 is 0. The van der Waals surface area contributed by atoms with Crippen molar-refractivity contribution in [2.75, 3.05) is 26.2 Å². The lowest BCUT2D eigenvalue weighted by Crippen LogP contribution is -2.52. The molecule has 0 aromatic heterocycles. The first kappa shape index (κ1) is 18.7. The molecule has 1 aliphatic rings. The average molecular weight is 313 g/mol. The summed E-state index contributed by atoms with van der Waals surface area (Å²) in [7, 11) is 0. The van der Waals surface area contributed by atoms with Crippen LogP contribution in [0.4, 0.5) is 4.79 Å². The van der Waals surface area contributed by atoms with E-state index in [1.54, 1.807) is 0 Å². The van der Waals surface area contributed by atoms with Gasteiger partial charge in [0, 0.05) is 39.1 Å². The zero-order chi connectivity index (χ0) is 16.8. The van der Waals surface area contributed by atoms with Crippen molar-refractivity contribution in [3.63, 3.8) is 0 Å². The van der Waals surface area contributed by atoms with Gasteiger partial charge in [-0.05, 0) is 33.1 Å². The number of alkyl carbamates (subject to hydrolysis) is 1. The van der Waals surface area contributed by atoms with E-state index in [1.807, 2.05) is 20.8 Å². The number of carbonyl (C=O) groups is 2. The lowest BCUT2D eigenvalue weighted by molar-refractivity contribution is -0.119. The first-order valence-corrected chi connectivity index (χ1v) is 8.16. The number of ether oxygens (including phenoxy) is 1. The smallest absolute Gasteiger partial charge is 0.407 e. The molecule has 0 aromatic carbocycles. The highest BCUT2D eigenvalue weighted by molar-refractivity contribution is 5.72. The Morgan fingerprint density at radius 2 is 1.95 bits per heavy atom. The van der Waals surface area contributed by atoms with E-state index in [4.69, 9.17) is 4.74 Å². The number of hydrogen-bond acceptors (Lipinski definition) is 4. The van der Waals surface area contributed by atoms with Crippen LogP contribution in [0.15, 0.2) is 0 Å². The largest absolute Gasteiger partial charge is 0.444 e. The summed E-state index contributed by atoms with van der Waals surface area (Å²) in [6, 6.07) is 0.103. The van der Waals surface area contributed by atoms with Crippen LogP contribution in [0.5, 0.6) is 0 Å². The Bertz CT molecular complexity index is 379. The van der Waals surface area contributed by atoms with Gasteiger partial charge >= 0.3 is 6.09 Å². The van der Waals surface area contributed by atoms with Crippen molar-refractivity contribution in [1.29, 1.82) is 0 Å². The molecule has 2 amide bonds. The third-order valence-corrected chi connectivity index (χ3v) is 3.71. The van der Waals surface area contributed by atoms with Crippen LogP contribution in [0.25, 0.3) is 0 Å². The Morgan fingerprint density at radius 1 is 1.27 bits per heavy atom. The molecule has 0 spiro atoms. The van der Waals surface area contributed by atoms with Crippen LogP contribution in [0.3, 0.4) is 0 Å². The molecular weight excluding hydrogens is 282 g/mol. The van der Waals surface area contributed by atoms with Gasteiger partial charge in [0.2, 0.25) is 5.91 Å². The van der Waals surface area contributed by atoms with E-state index in [2.05, 4.69) is 22.5 Å². The normalized spacial score (nSPS) is 23.0. The molecule has 1 aliphatic heterocycles. The van der Waals surface area contributed by atoms with Crippen molar-refractivity contribution in [2.24, 2.45) is 5.92 Å². The number of piperidine rings is 1. The molecule has 2 unspecified atom stereocenters. The van der Waals surface area contributed by atoms with E-state index in [9.17, 15) is 9.59 Å². The molecule has 6 heteroatoms. The number of amides is 2. The van der Waals surface area contributed by atoms with Crippen LogP contribution in [0.2, 0.25) is 0 Å². The lowest BCUT2D eigenvalue weighted by atomic mass is 9.92. The molecule has 1 heterocycles. The van der Waals surface area contributed by atoms with E-state index in [-0.39, 0.29) is 18.0 Å². The summed E-state index contributed by atoms with van der Waals surface area (Å²) < 4.78 is 5.33. The maximum atomic E-state index is 11.9. The quantitative estimate of drug-likeness (QED) is 0.811. The van der Waals surface area contributed by atoms with Crippen molar-refractivity contribution in [1.82, 2.24) is 15.5 Å². The number of rotatable bonds is 5. The predicted molar refractivity (Wildman–Crippen MR) is 86.7 cm³/mol. The van der Waals surface area contributed by atoms with Crippen LogP contribution in [0, 0.1) is 5.92 Å². The zero-order valence-electron chi connectivity index (χ0n) is 14.6. The molecule has 6 nitrogen and oxygen atoms in total. The number of carbonyl (C=O) groups excluding carboxylic acids is 2. The van der Waals surface area contributed by atoms with Crippen LogP contribution < -0.4 is 10.6 Å². The Labute approximate surface area is 134 Å². The highest BCUT2D eigenvalue weighted by Crippen LogP contribution is 2.20. The number of hydrogen-bond donors (Lipinski definition) is 2. The minimum Gasteiger partial charge on any atom is -0.444 e. The van der Waals surface area contributed by atoms with Crippen LogP contribution >= 0.6 is 0 Å². The lowest BCUT2D eigenvalue weighted by Gasteiger charge is -2.38. The Kier molecular flexibility index (Phi) is 7.13. The molecule has 1 fully saturated rings. The van der Waals surface area contributed by atoms with Gasteiger partial charge in [-0.3, -0.25) is 9.69 Å². The van der Waals surface area contributed by atoms with E-state index < -0.39 is 5.60 Å². The Balaban J connectivity index is 2.48. The molecule has 22 heavy (non-hydrogen) atoms.